The Kier molecular flexibility index (Phi) is 6.40. The van der Waals surface area contributed by atoms with Crippen molar-refractivity contribution in [1.82, 2.24) is 0 Å². The number of benzene rings is 1. The first kappa shape index (κ1) is 14.7. The van der Waals surface area contributed by atoms with Crippen LogP contribution in [0, 0.1) is 0 Å². The maximum atomic E-state index is 5.89. The summed E-state index contributed by atoms with van der Waals surface area (Å²) in [6.07, 6.45) is 4.66. The van der Waals surface area contributed by atoms with Crippen molar-refractivity contribution in [1.29, 1.82) is 0 Å². The highest BCUT2D eigenvalue weighted by molar-refractivity contribution is 5.59. The van der Waals surface area contributed by atoms with E-state index in [-0.39, 0.29) is 0 Å². The molecule has 1 rings (SSSR count). The van der Waals surface area contributed by atoms with Gasteiger partial charge in [0.2, 0.25) is 0 Å². The molecule has 0 saturated heterocycles. The first-order valence-corrected chi connectivity index (χ1v) is 6.95. The van der Waals surface area contributed by atoms with Gasteiger partial charge < -0.3 is 15.8 Å². The maximum absolute atomic E-state index is 5.89. The average molecular weight is 250 g/mol. The molecule has 0 aliphatic carbocycles. The van der Waals surface area contributed by atoms with Crippen molar-refractivity contribution in [2.24, 2.45) is 0 Å². The zero-order valence-corrected chi connectivity index (χ0v) is 11.8. The topological polar surface area (TPSA) is 47.3 Å². The van der Waals surface area contributed by atoms with E-state index in [9.17, 15) is 0 Å². The molecule has 0 amide bonds. The highest BCUT2D eigenvalue weighted by atomic mass is 16.5. The van der Waals surface area contributed by atoms with Crippen LogP contribution in [0.3, 0.4) is 0 Å². The number of rotatable bonds is 8. The van der Waals surface area contributed by atoms with Crippen molar-refractivity contribution in [2.75, 3.05) is 17.7 Å². The molecule has 0 aliphatic heterocycles. The molecule has 0 spiro atoms. The van der Waals surface area contributed by atoms with Gasteiger partial charge in [-0.15, -0.1) is 0 Å². The molecule has 3 nitrogen and oxygen atoms in total. The zero-order chi connectivity index (χ0) is 13.4. The summed E-state index contributed by atoms with van der Waals surface area (Å²) in [5.41, 5.74) is 7.68. The summed E-state index contributed by atoms with van der Waals surface area (Å²) in [4.78, 5) is 0. The molecule has 102 valence electrons. The number of ether oxygens (including phenoxy) is 1. The van der Waals surface area contributed by atoms with E-state index in [4.69, 9.17) is 10.5 Å². The molecule has 3 heteroatoms. The van der Waals surface area contributed by atoms with Crippen molar-refractivity contribution >= 4 is 11.4 Å². The zero-order valence-electron chi connectivity index (χ0n) is 11.8. The second-order valence-corrected chi connectivity index (χ2v) is 4.83. The van der Waals surface area contributed by atoms with E-state index < -0.39 is 0 Å². The molecule has 1 unspecified atom stereocenters. The van der Waals surface area contributed by atoms with E-state index in [1.165, 1.54) is 19.3 Å². The van der Waals surface area contributed by atoms with Gasteiger partial charge in [-0.05, 0) is 25.8 Å². The van der Waals surface area contributed by atoms with Crippen LogP contribution in [0.25, 0.3) is 0 Å². The van der Waals surface area contributed by atoms with Crippen LogP contribution in [0.5, 0.6) is 5.75 Å². The minimum Gasteiger partial charge on any atom is -0.493 e. The fourth-order valence-corrected chi connectivity index (χ4v) is 1.88. The highest BCUT2D eigenvalue weighted by Gasteiger charge is 2.04. The summed E-state index contributed by atoms with van der Waals surface area (Å²) in [5.74, 6) is 0.849. The molecule has 3 N–H and O–H groups in total. The third kappa shape index (κ3) is 5.30. The summed E-state index contributed by atoms with van der Waals surface area (Å²) in [7, 11) is 0. The van der Waals surface area contributed by atoms with Gasteiger partial charge in [0, 0.05) is 29.5 Å². The smallest absolute Gasteiger partial charge is 0.123 e. The number of hydrogen-bond acceptors (Lipinski definition) is 3. The van der Waals surface area contributed by atoms with Gasteiger partial charge in [0.1, 0.15) is 5.75 Å². The van der Waals surface area contributed by atoms with Gasteiger partial charge >= 0.3 is 0 Å². The van der Waals surface area contributed by atoms with Crippen LogP contribution < -0.4 is 15.8 Å². The van der Waals surface area contributed by atoms with E-state index in [0.29, 0.717) is 6.04 Å². The Morgan fingerprint density at radius 2 is 2.00 bits per heavy atom. The number of anilines is 2. The maximum Gasteiger partial charge on any atom is 0.123 e. The van der Waals surface area contributed by atoms with Crippen LogP contribution in [-0.4, -0.2) is 12.6 Å². The second-order valence-electron chi connectivity index (χ2n) is 4.83. The molecule has 0 aromatic heterocycles. The molecule has 1 aromatic carbocycles. The van der Waals surface area contributed by atoms with Gasteiger partial charge in [0.15, 0.2) is 0 Å². The van der Waals surface area contributed by atoms with Gasteiger partial charge in [0.25, 0.3) is 0 Å². The van der Waals surface area contributed by atoms with E-state index in [1.807, 2.05) is 18.2 Å². The fourth-order valence-electron chi connectivity index (χ4n) is 1.88. The second kappa shape index (κ2) is 7.85. The van der Waals surface area contributed by atoms with Gasteiger partial charge in [-0.2, -0.15) is 0 Å². The molecular formula is C15H26N2O. The molecule has 0 bridgehead atoms. The Morgan fingerprint density at radius 3 is 2.67 bits per heavy atom. The first-order valence-electron chi connectivity index (χ1n) is 6.95. The Balaban J connectivity index is 2.61. The fraction of sp³-hybridized carbons (Fsp3) is 0.600. The average Bonchev–Trinajstić information content (AvgIpc) is 2.33. The Bertz CT molecular complexity index is 352. The normalized spacial score (nSPS) is 12.2. The van der Waals surface area contributed by atoms with Crippen molar-refractivity contribution in [3.05, 3.63) is 18.2 Å². The van der Waals surface area contributed by atoms with E-state index in [1.54, 1.807) is 0 Å². The Hall–Kier alpha value is -1.38. The minimum absolute atomic E-state index is 0.464. The SMILES string of the molecule is CCCCC(C)Nc1cc(N)cc(OCCC)c1. The van der Waals surface area contributed by atoms with Crippen molar-refractivity contribution in [3.8, 4) is 5.75 Å². The van der Waals surface area contributed by atoms with E-state index in [0.717, 1.165) is 30.2 Å². The summed E-state index contributed by atoms with van der Waals surface area (Å²) in [6, 6.07) is 6.32. The van der Waals surface area contributed by atoms with Crippen molar-refractivity contribution in [2.45, 2.75) is 52.5 Å². The summed E-state index contributed by atoms with van der Waals surface area (Å²) >= 11 is 0. The summed E-state index contributed by atoms with van der Waals surface area (Å²) in [5, 5.41) is 3.47. The molecule has 0 saturated carbocycles. The van der Waals surface area contributed by atoms with Gasteiger partial charge in [-0.25, -0.2) is 0 Å². The lowest BCUT2D eigenvalue weighted by Crippen LogP contribution is -2.15. The third-order valence-corrected chi connectivity index (χ3v) is 2.81. The van der Waals surface area contributed by atoms with E-state index in [2.05, 4.69) is 26.1 Å². The third-order valence-electron chi connectivity index (χ3n) is 2.81. The van der Waals surface area contributed by atoms with E-state index >= 15 is 0 Å². The van der Waals surface area contributed by atoms with Crippen molar-refractivity contribution < 1.29 is 4.74 Å². The van der Waals surface area contributed by atoms with Crippen LogP contribution in [0.2, 0.25) is 0 Å². The molecule has 1 atom stereocenters. The largest absolute Gasteiger partial charge is 0.493 e. The molecule has 0 fully saturated rings. The number of nitrogens with one attached hydrogen (secondary N) is 1. The van der Waals surface area contributed by atoms with Crippen LogP contribution >= 0.6 is 0 Å². The lowest BCUT2D eigenvalue weighted by atomic mass is 10.1. The number of nitrogen functional groups attached to an aromatic ring is 1. The molecule has 0 radical (unpaired) electrons. The number of hydrogen-bond donors (Lipinski definition) is 2. The monoisotopic (exact) mass is 250 g/mol. The quantitative estimate of drug-likeness (QED) is 0.684. The Labute approximate surface area is 111 Å². The predicted octanol–water partition coefficient (Wildman–Crippen LogP) is 4.05. The summed E-state index contributed by atoms with van der Waals surface area (Å²) < 4.78 is 5.62. The number of nitrogens with two attached hydrogens (primary N) is 1. The lowest BCUT2D eigenvalue weighted by Gasteiger charge is -2.16. The molecule has 1 aromatic rings. The first-order chi connectivity index (χ1) is 8.65. The molecule has 18 heavy (non-hydrogen) atoms. The minimum atomic E-state index is 0.464. The predicted molar refractivity (Wildman–Crippen MR) is 79.3 cm³/mol. The lowest BCUT2D eigenvalue weighted by molar-refractivity contribution is 0.318. The molecule has 0 heterocycles. The van der Waals surface area contributed by atoms with Crippen LogP contribution in [0.15, 0.2) is 18.2 Å². The van der Waals surface area contributed by atoms with Crippen LogP contribution in [0.4, 0.5) is 11.4 Å². The highest BCUT2D eigenvalue weighted by Crippen LogP contribution is 2.23. The standard InChI is InChI=1S/C15H26N2O/c1-4-6-7-12(3)17-14-9-13(16)10-15(11-14)18-8-5-2/h9-12,17H,4-8,16H2,1-3H3. The van der Waals surface area contributed by atoms with Gasteiger partial charge in [-0.1, -0.05) is 26.7 Å². The number of unbranched alkanes of at least 4 members (excludes halogenated alkanes) is 1. The Morgan fingerprint density at radius 1 is 1.22 bits per heavy atom. The van der Waals surface area contributed by atoms with Crippen molar-refractivity contribution in [3.63, 3.8) is 0 Å². The van der Waals surface area contributed by atoms with Crippen LogP contribution in [0.1, 0.15) is 46.5 Å². The van der Waals surface area contributed by atoms with Crippen LogP contribution in [-0.2, 0) is 0 Å². The molecule has 0 aliphatic rings. The van der Waals surface area contributed by atoms with Gasteiger partial charge in [-0.3, -0.25) is 0 Å². The molecular weight excluding hydrogens is 224 g/mol. The summed E-state index contributed by atoms with van der Waals surface area (Å²) in [6.45, 7) is 7.24. The van der Waals surface area contributed by atoms with Gasteiger partial charge in [0.05, 0.1) is 6.61 Å².